The molecule has 0 bridgehead atoms. The third-order valence-corrected chi connectivity index (χ3v) is 6.83. The first kappa shape index (κ1) is 21.2. The SMILES string of the molecule is CC=CC=CC1C=CC2CC(C)CCC2C1(C)C(=O)c1c(O)[nH]c(C(C)=O)c1O. The van der Waals surface area contributed by atoms with Gasteiger partial charge in [-0.3, -0.25) is 9.59 Å². The summed E-state index contributed by atoms with van der Waals surface area (Å²) in [5.41, 5.74) is -1.13. The fraction of sp³-hybridized carbons (Fsp3) is 0.500. The van der Waals surface area contributed by atoms with E-state index in [9.17, 15) is 19.8 Å². The Hall–Kier alpha value is -2.56. The lowest BCUT2D eigenvalue weighted by Gasteiger charge is -2.49. The highest BCUT2D eigenvalue weighted by Gasteiger charge is 2.53. The number of rotatable bonds is 5. The topological polar surface area (TPSA) is 90.4 Å². The third-order valence-electron chi connectivity index (χ3n) is 6.83. The Kier molecular flexibility index (Phi) is 5.87. The summed E-state index contributed by atoms with van der Waals surface area (Å²) in [4.78, 5) is 28.1. The highest BCUT2D eigenvalue weighted by atomic mass is 16.3. The van der Waals surface area contributed by atoms with E-state index in [1.165, 1.54) is 6.92 Å². The number of nitrogens with one attached hydrogen (secondary N) is 1. The molecule has 0 aliphatic heterocycles. The average Bonchev–Trinajstić information content (AvgIpc) is 2.97. The summed E-state index contributed by atoms with van der Waals surface area (Å²) in [5, 5.41) is 20.9. The van der Waals surface area contributed by atoms with Gasteiger partial charge in [0.15, 0.2) is 17.3 Å². The third kappa shape index (κ3) is 3.59. The van der Waals surface area contributed by atoms with Gasteiger partial charge in [-0.15, -0.1) is 0 Å². The molecule has 1 saturated carbocycles. The second-order valence-corrected chi connectivity index (χ2v) is 8.75. The molecule has 2 aliphatic rings. The molecule has 1 aromatic heterocycles. The lowest BCUT2D eigenvalue weighted by atomic mass is 9.53. The summed E-state index contributed by atoms with van der Waals surface area (Å²) in [6.45, 7) is 7.40. The Bertz CT molecular complexity index is 891. The van der Waals surface area contributed by atoms with E-state index in [1.54, 1.807) is 0 Å². The quantitative estimate of drug-likeness (QED) is 0.362. The van der Waals surface area contributed by atoms with Crippen LogP contribution in [0.3, 0.4) is 0 Å². The number of allylic oxidation sites excluding steroid dienone is 6. The average molecular weight is 398 g/mol. The van der Waals surface area contributed by atoms with Crippen LogP contribution < -0.4 is 0 Å². The van der Waals surface area contributed by atoms with Crippen molar-refractivity contribution in [1.82, 2.24) is 4.98 Å². The number of fused-ring (bicyclic) bond motifs is 1. The number of carbonyl (C=O) groups excluding carboxylic acids is 2. The van der Waals surface area contributed by atoms with Gasteiger partial charge in [0.25, 0.3) is 0 Å². The molecule has 1 heterocycles. The normalized spacial score (nSPS) is 32.0. The van der Waals surface area contributed by atoms with Crippen molar-refractivity contribution >= 4 is 11.6 Å². The molecule has 0 spiro atoms. The number of hydrogen-bond acceptors (Lipinski definition) is 4. The van der Waals surface area contributed by atoms with Gasteiger partial charge in [0.05, 0.1) is 0 Å². The first-order chi connectivity index (χ1) is 13.7. The Balaban J connectivity index is 2.11. The van der Waals surface area contributed by atoms with Gasteiger partial charge >= 0.3 is 0 Å². The molecule has 1 fully saturated rings. The van der Waals surface area contributed by atoms with Crippen LogP contribution in [-0.2, 0) is 0 Å². The molecule has 5 unspecified atom stereocenters. The molecule has 5 nitrogen and oxygen atoms in total. The van der Waals surface area contributed by atoms with Crippen LogP contribution in [0.5, 0.6) is 11.6 Å². The van der Waals surface area contributed by atoms with Crippen molar-refractivity contribution < 1.29 is 19.8 Å². The maximum absolute atomic E-state index is 13.8. The van der Waals surface area contributed by atoms with Crippen LogP contribution >= 0.6 is 0 Å². The van der Waals surface area contributed by atoms with Crippen molar-refractivity contribution in [1.29, 1.82) is 0 Å². The maximum Gasteiger partial charge on any atom is 0.203 e. The lowest BCUT2D eigenvalue weighted by molar-refractivity contribution is 0.0354. The zero-order chi connectivity index (χ0) is 21.3. The largest absolute Gasteiger partial charge is 0.505 e. The first-order valence-corrected chi connectivity index (χ1v) is 10.4. The molecule has 0 radical (unpaired) electrons. The van der Waals surface area contributed by atoms with Crippen LogP contribution in [0, 0.1) is 29.1 Å². The molecular formula is C24H31NO4. The molecule has 0 saturated heterocycles. The molecule has 2 aliphatic carbocycles. The van der Waals surface area contributed by atoms with Crippen LogP contribution in [0.1, 0.15) is 67.8 Å². The maximum atomic E-state index is 13.8. The van der Waals surface area contributed by atoms with E-state index in [0.717, 1.165) is 19.3 Å². The van der Waals surface area contributed by atoms with Crippen molar-refractivity contribution in [3.05, 3.63) is 47.7 Å². The number of aromatic amines is 1. The number of hydrogen-bond donors (Lipinski definition) is 3. The van der Waals surface area contributed by atoms with Gasteiger partial charge in [0.2, 0.25) is 5.88 Å². The van der Waals surface area contributed by atoms with Gasteiger partial charge in [-0.25, -0.2) is 0 Å². The predicted octanol–water partition coefficient (Wildman–Crippen LogP) is 5.19. The van der Waals surface area contributed by atoms with E-state index in [1.807, 2.05) is 38.2 Å². The van der Waals surface area contributed by atoms with Crippen LogP contribution in [-0.4, -0.2) is 26.8 Å². The molecule has 3 N–H and O–H groups in total. The van der Waals surface area contributed by atoms with Gasteiger partial charge in [-0.05, 0) is 37.5 Å². The summed E-state index contributed by atoms with van der Waals surface area (Å²) < 4.78 is 0. The second kappa shape index (κ2) is 8.05. The van der Waals surface area contributed by atoms with E-state index in [2.05, 4.69) is 24.1 Å². The van der Waals surface area contributed by atoms with Crippen molar-refractivity contribution in [2.75, 3.05) is 0 Å². The van der Waals surface area contributed by atoms with E-state index >= 15 is 0 Å². The minimum absolute atomic E-state index is 0.103. The van der Waals surface area contributed by atoms with E-state index < -0.39 is 22.8 Å². The van der Waals surface area contributed by atoms with E-state index in [0.29, 0.717) is 5.92 Å². The number of aromatic hydroxyl groups is 2. The molecule has 5 atom stereocenters. The Labute approximate surface area is 172 Å². The number of Topliss-reactive ketones (excluding diaryl/α,β-unsaturated/α-hetero) is 2. The van der Waals surface area contributed by atoms with Crippen molar-refractivity contribution in [3.63, 3.8) is 0 Å². The Morgan fingerprint density at radius 3 is 2.55 bits per heavy atom. The summed E-state index contributed by atoms with van der Waals surface area (Å²) in [6.07, 6.45) is 15.1. The minimum atomic E-state index is -0.831. The fourth-order valence-electron chi connectivity index (χ4n) is 5.19. The summed E-state index contributed by atoms with van der Waals surface area (Å²) in [6, 6.07) is 0. The van der Waals surface area contributed by atoms with Gasteiger partial charge < -0.3 is 15.2 Å². The molecule has 0 aromatic carbocycles. The van der Waals surface area contributed by atoms with Crippen molar-refractivity contribution in [3.8, 4) is 11.6 Å². The van der Waals surface area contributed by atoms with Gasteiger partial charge in [0.1, 0.15) is 11.3 Å². The van der Waals surface area contributed by atoms with Crippen LogP contribution in [0.15, 0.2) is 36.5 Å². The van der Waals surface area contributed by atoms with Crippen LogP contribution in [0.4, 0.5) is 0 Å². The smallest absolute Gasteiger partial charge is 0.203 e. The van der Waals surface area contributed by atoms with Crippen molar-refractivity contribution in [2.24, 2.45) is 29.1 Å². The molecular weight excluding hydrogens is 366 g/mol. The first-order valence-electron chi connectivity index (χ1n) is 10.4. The van der Waals surface area contributed by atoms with E-state index in [4.69, 9.17) is 0 Å². The summed E-state index contributed by atoms with van der Waals surface area (Å²) in [5.74, 6) is -0.817. The molecule has 1 aromatic rings. The van der Waals surface area contributed by atoms with Crippen LogP contribution in [0.25, 0.3) is 0 Å². The predicted molar refractivity (Wildman–Crippen MR) is 113 cm³/mol. The van der Waals surface area contributed by atoms with Gasteiger partial charge in [-0.1, -0.05) is 56.7 Å². The highest BCUT2D eigenvalue weighted by molar-refractivity contribution is 6.09. The fourth-order valence-corrected chi connectivity index (χ4v) is 5.19. The monoisotopic (exact) mass is 397 g/mol. The lowest BCUT2D eigenvalue weighted by Crippen LogP contribution is -2.48. The van der Waals surface area contributed by atoms with Crippen molar-refractivity contribution in [2.45, 2.75) is 47.0 Å². The van der Waals surface area contributed by atoms with Gasteiger partial charge in [0, 0.05) is 18.3 Å². The molecule has 0 amide bonds. The second-order valence-electron chi connectivity index (χ2n) is 8.75. The summed E-state index contributed by atoms with van der Waals surface area (Å²) in [7, 11) is 0. The van der Waals surface area contributed by atoms with Gasteiger partial charge in [-0.2, -0.15) is 0 Å². The molecule has 29 heavy (non-hydrogen) atoms. The van der Waals surface area contributed by atoms with Crippen LogP contribution in [0.2, 0.25) is 0 Å². The highest BCUT2D eigenvalue weighted by Crippen LogP contribution is 2.55. The molecule has 3 rings (SSSR count). The zero-order valence-electron chi connectivity index (χ0n) is 17.6. The molecule has 5 heteroatoms. The zero-order valence-corrected chi connectivity index (χ0v) is 17.6. The summed E-state index contributed by atoms with van der Waals surface area (Å²) >= 11 is 0. The number of aromatic nitrogens is 1. The minimum Gasteiger partial charge on any atom is -0.505 e. The Morgan fingerprint density at radius 1 is 1.21 bits per heavy atom. The van der Waals surface area contributed by atoms with E-state index in [-0.39, 0.29) is 34.8 Å². The number of H-pyrrole nitrogens is 1. The number of ketones is 2. The molecule has 156 valence electrons. The number of carbonyl (C=O) groups is 2. The standard InChI is InChI=1S/C24H31NO4/c1-5-6-7-8-17-11-10-16-13-14(2)9-12-18(16)24(17,4)22(28)19-21(27)20(15(3)26)25-23(19)29/h5-8,10-11,14,16-18,25,27,29H,9,12-13H2,1-4H3. The Morgan fingerprint density at radius 2 is 1.93 bits per heavy atom.